The third-order valence-corrected chi connectivity index (χ3v) is 4.28. The molecule has 0 heterocycles. The molecule has 0 aliphatic heterocycles. The van der Waals surface area contributed by atoms with Crippen LogP contribution in [-0.2, 0) is 6.42 Å². The van der Waals surface area contributed by atoms with Crippen LogP contribution in [0.25, 0.3) is 0 Å². The average molecular weight is 259 g/mol. The summed E-state index contributed by atoms with van der Waals surface area (Å²) in [6, 6.07) is 8.84. The van der Waals surface area contributed by atoms with Crippen LogP contribution in [0.1, 0.15) is 54.9 Å². The van der Waals surface area contributed by atoms with Crippen LogP contribution in [0.4, 0.5) is 0 Å². The van der Waals surface area contributed by atoms with Crippen LogP contribution in [0.3, 0.4) is 0 Å². The van der Waals surface area contributed by atoms with E-state index in [1.54, 1.807) is 0 Å². The molecule has 0 radical (unpaired) electrons. The molecule has 0 spiro atoms. The first-order valence-electron chi connectivity index (χ1n) is 7.55. The number of rotatable bonds is 5. The van der Waals surface area contributed by atoms with E-state index in [1.165, 1.54) is 5.56 Å². The van der Waals surface area contributed by atoms with Gasteiger partial charge >= 0.3 is 0 Å². The minimum atomic E-state index is 0.238. The number of benzene rings is 1. The fourth-order valence-electron chi connectivity index (χ4n) is 3.00. The zero-order valence-electron chi connectivity index (χ0n) is 12.1. The van der Waals surface area contributed by atoms with Crippen molar-refractivity contribution in [2.24, 2.45) is 5.92 Å². The second-order valence-corrected chi connectivity index (χ2v) is 5.65. The molecule has 0 bridgehead atoms. The molecule has 0 atom stereocenters. The van der Waals surface area contributed by atoms with Crippen molar-refractivity contribution in [3.8, 4) is 0 Å². The molecular formula is C17H25NO. The van der Waals surface area contributed by atoms with Gasteiger partial charge in [0.2, 0.25) is 0 Å². The Balaban J connectivity index is 1.96. The van der Waals surface area contributed by atoms with Gasteiger partial charge in [-0.2, -0.15) is 0 Å². The zero-order chi connectivity index (χ0) is 13.7. The van der Waals surface area contributed by atoms with Crippen molar-refractivity contribution < 1.29 is 4.79 Å². The lowest BCUT2D eigenvalue weighted by atomic mass is 9.81. The molecule has 19 heavy (non-hydrogen) atoms. The van der Waals surface area contributed by atoms with Crippen molar-refractivity contribution in [3.63, 3.8) is 0 Å². The molecule has 0 amide bonds. The summed E-state index contributed by atoms with van der Waals surface area (Å²) in [5.74, 6) is 0.583. The van der Waals surface area contributed by atoms with Gasteiger partial charge in [-0.15, -0.1) is 0 Å². The Kier molecular flexibility index (Phi) is 5.15. The molecule has 0 aromatic heterocycles. The van der Waals surface area contributed by atoms with Gasteiger partial charge in [0, 0.05) is 17.5 Å². The van der Waals surface area contributed by atoms with E-state index in [2.05, 4.69) is 24.4 Å². The Morgan fingerprint density at radius 2 is 1.79 bits per heavy atom. The molecule has 1 aromatic carbocycles. The van der Waals surface area contributed by atoms with Gasteiger partial charge in [0.25, 0.3) is 0 Å². The summed E-state index contributed by atoms with van der Waals surface area (Å²) >= 11 is 0. The molecular weight excluding hydrogens is 234 g/mol. The van der Waals surface area contributed by atoms with E-state index in [0.29, 0.717) is 11.8 Å². The second kappa shape index (κ2) is 6.85. The summed E-state index contributed by atoms with van der Waals surface area (Å²) in [6.07, 6.45) is 6.56. The third kappa shape index (κ3) is 3.66. The molecule has 0 unspecified atom stereocenters. The molecule has 1 saturated carbocycles. The third-order valence-electron chi connectivity index (χ3n) is 4.28. The van der Waals surface area contributed by atoms with Crippen LogP contribution < -0.4 is 5.32 Å². The Morgan fingerprint density at radius 1 is 1.16 bits per heavy atom. The van der Waals surface area contributed by atoms with Gasteiger partial charge in [-0.3, -0.25) is 4.79 Å². The molecule has 1 aliphatic carbocycles. The van der Waals surface area contributed by atoms with Gasteiger partial charge in [0.1, 0.15) is 0 Å². The number of hydrogen-bond donors (Lipinski definition) is 1. The largest absolute Gasteiger partial charge is 0.317 e. The van der Waals surface area contributed by atoms with Crippen LogP contribution in [0.5, 0.6) is 0 Å². The lowest BCUT2D eigenvalue weighted by Crippen LogP contribution is -2.32. The molecule has 1 aromatic rings. The maximum Gasteiger partial charge on any atom is 0.165 e. The molecule has 1 fully saturated rings. The first-order chi connectivity index (χ1) is 9.24. The maximum absolute atomic E-state index is 12.4. The fraction of sp³-hybridized carbons (Fsp3) is 0.588. The smallest absolute Gasteiger partial charge is 0.165 e. The highest BCUT2D eigenvalue weighted by atomic mass is 16.1. The fourth-order valence-corrected chi connectivity index (χ4v) is 3.00. The normalized spacial score (nSPS) is 23.3. The molecule has 1 N–H and O–H groups in total. The van der Waals surface area contributed by atoms with E-state index >= 15 is 0 Å². The molecule has 0 saturated heterocycles. The monoisotopic (exact) mass is 259 g/mol. The minimum Gasteiger partial charge on any atom is -0.317 e. The first-order valence-corrected chi connectivity index (χ1v) is 7.55. The van der Waals surface area contributed by atoms with E-state index in [9.17, 15) is 4.79 Å². The van der Waals surface area contributed by atoms with E-state index in [0.717, 1.165) is 44.1 Å². The highest BCUT2D eigenvalue weighted by Crippen LogP contribution is 2.27. The summed E-state index contributed by atoms with van der Waals surface area (Å²) in [7, 11) is 2.01. The van der Waals surface area contributed by atoms with Gasteiger partial charge < -0.3 is 5.32 Å². The van der Waals surface area contributed by atoms with Gasteiger partial charge in [0.15, 0.2) is 5.78 Å². The van der Waals surface area contributed by atoms with Crippen molar-refractivity contribution in [1.82, 2.24) is 5.32 Å². The van der Waals surface area contributed by atoms with Crippen LogP contribution in [-0.4, -0.2) is 18.9 Å². The van der Waals surface area contributed by atoms with Crippen LogP contribution in [0.15, 0.2) is 24.3 Å². The number of ketones is 1. The number of hydrogen-bond acceptors (Lipinski definition) is 2. The summed E-state index contributed by atoms with van der Waals surface area (Å²) in [5, 5.41) is 3.31. The zero-order valence-corrected chi connectivity index (χ0v) is 12.1. The predicted molar refractivity (Wildman–Crippen MR) is 79.6 cm³/mol. The molecule has 2 nitrogen and oxygen atoms in total. The first kappa shape index (κ1) is 14.3. The Labute approximate surface area is 116 Å². The number of aryl methyl sites for hydroxylation is 1. The van der Waals surface area contributed by atoms with Crippen molar-refractivity contribution in [2.75, 3.05) is 7.05 Å². The summed E-state index contributed by atoms with van der Waals surface area (Å²) in [4.78, 5) is 12.4. The minimum absolute atomic E-state index is 0.238. The van der Waals surface area contributed by atoms with Gasteiger partial charge in [-0.25, -0.2) is 0 Å². The number of Topliss-reactive ketones (excluding diaryl/α,β-unsaturated/α-hetero) is 1. The van der Waals surface area contributed by atoms with E-state index < -0.39 is 0 Å². The van der Waals surface area contributed by atoms with Crippen molar-refractivity contribution in [1.29, 1.82) is 0 Å². The van der Waals surface area contributed by atoms with E-state index in [-0.39, 0.29) is 5.92 Å². The van der Waals surface area contributed by atoms with Gasteiger partial charge in [-0.05, 0) is 44.7 Å². The highest BCUT2D eigenvalue weighted by Gasteiger charge is 2.26. The van der Waals surface area contributed by atoms with Crippen LogP contribution >= 0.6 is 0 Å². The van der Waals surface area contributed by atoms with Crippen LogP contribution in [0.2, 0.25) is 0 Å². The Hall–Kier alpha value is -1.15. The van der Waals surface area contributed by atoms with Gasteiger partial charge in [0.05, 0.1) is 0 Å². The Morgan fingerprint density at radius 3 is 2.32 bits per heavy atom. The maximum atomic E-state index is 12.4. The summed E-state index contributed by atoms with van der Waals surface area (Å²) in [5.41, 5.74) is 2.23. The van der Waals surface area contributed by atoms with Gasteiger partial charge in [-0.1, -0.05) is 37.6 Å². The number of nitrogens with one attached hydrogen (secondary N) is 1. The topological polar surface area (TPSA) is 29.1 Å². The quantitative estimate of drug-likeness (QED) is 0.819. The Bertz CT molecular complexity index is 402. The van der Waals surface area contributed by atoms with Crippen molar-refractivity contribution in [2.45, 2.75) is 51.5 Å². The summed E-state index contributed by atoms with van der Waals surface area (Å²) in [6.45, 7) is 2.18. The van der Waals surface area contributed by atoms with E-state index in [4.69, 9.17) is 0 Å². The number of carbonyl (C=O) groups is 1. The highest BCUT2D eigenvalue weighted by molar-refractivity contribution is 5.97. The lowest BCUT2D eigenvalue weighted by molar-refractivity contribution is 0.0881. The van der Waals surface area contributed by atoms with Crippen molar-refractivity contribution >= 4 is 5.78 Å². The molecule has 2 heteroatoms. The summed E-state index contributed by atoms with van der Waals surface area (Å²) < 4.78 is 0. The SMILES string of the molecule is CCCc1ccc(C(=O)C2CCC(NC)CC2)cc1. The lowest BCUT2D eigenvalue weighted by Gasteiger charge is -2.27. The second-order valence-electron chi connectivity index (χ2n) is 5.65. The average Bonchev–Trinajstić information content (AvgIpc) is 2.48. The molecule has 2 rings (SSSR count). The predicted octanol–water partition coefficient (Wildman–Crippen LogP) is 3.60. The molecule has 104 valence electrons. The van der Waals surface area contributed by atoms with Crippen LogP contribution in [0, 0.1) is 5.92 Å². The molecule has 1 aliphatic rings. The standard InChI is InChI=1S/C17H25NO/c1-3-4-13-5-7-14(8-6-13)17(19)15-9-11-16(18-2)12-10-15/h5-8,15-16,18H,3-4,9-12H2,1-2H3. The van der Waals surface area contributed by atoms with E-state index in [1.807, 2.05) is 19.2 Å². The van der Waals surface area contributed by atoms with Crippen molar-refractivity contribution in [3.05, 3.63) is 35.4 Å². The number of carbonyl (C=O) groups excluding carboxylic acids is 1.